The molecule has 2 unspecified atom stereocenters. The van der Waals surface area contributed by atoms with Crippen LogP contribution in [-0.4, -0.2) is 23.9 Å². The summed E-state index contributed by atoms with van der Waals surface area (Å²) in [5, 5.41) is 0. The van der Waals surface area contributed by atoms with Crippen molar-refractivity contribution >= 4 is 5.91 Å². The highest BCUT2D eigenvalue weighted by Crippen LogP contribution is 2.31. The molecule has 0 saturated carbocycles. The van der Waals surface area contributed by atoms with Crippen molar-refractivity contribution in [1.29, 1.82) is 0 Å². The maximum atomic E-state index is 11.9. The normalized spacial score (nSPS) is 32.5. The first-order chi connectivity index (χ1) is 8.13. The molecule has 1 aliphatic carbocycles. The maximum absolute atomic E-state index is 11.9. The van der Waals surface area contributed by atoms with Crippen LogP contribution < -0.4 is 0 Å². The van der Waals surface area contributed by atoms with Crippen LogP contribution in [0, 0.1) is 18.3 Å². The summed E-state index contributed by atoms with van der Waals surface area (Å²) in [7, 11) is 0. The SMILES string of the molecule is [CH2]C1(CN2CC(CCC)CC2=O)C=CC=CC1. The number of hydrogen-bond acceptors (Lipinski definition) is 1. The number of rotatable bonds is 4. The molecule has 2 atom stereocenters. The zero-order valence-corrected chi connectivity index (χ0v) is 10.7. The fourth-order valence-electron chi connectivity index (χ4n) is 2.81. The first-order valence-electron chi connectivity index (χ1n) is 6.60. The van der Waals surface area contributed by atoms with Gasteiger partial charge in [-0.1, -0.05) is 37.6 Å². The number of nitrogens with zero attached hydrogens (tertiary/aromatic N) is 1. The molecule has 1 fully saturated rings. The molecular formula is C15H22NO. The van der Waals surface area contributed by atoms with Crippen molar-refractivity contribution in [2.75, 3.05) is 13.1 Å². The van der Waals surface area contributed by atoms with Crippen molar-refractivity contribution in [3.8, 4) is 0 Å². The molecule has 0 bridgehead atoms. The lowest BCUT2D eigenvalue weighted by molar-refractivity contribution is -0.128. The van der Waals surface area contributed by atoms with Crippen LogP contribution in [-0.2, 0) is 4.79 Å². The first kappa shape index (κ1) is 12.4. The molecule has 0 spiro atoms. The van der Waals surface area contributed by atoms with Gasteiger partial charge in [0, 0.05) is 24.9 Å². The minimum atomic E-state index is -0.106. The molecule has 0 aromatic rings. The van der Waals surface area contributed by atoms with E-state index in [1.54, 1.807) is 0 Å². The van der Waals surface area contributed by atoms with Gasteiger partial charge < -0.3 is 4.90 Å². The van der Waals surface area contributed by atoms with Gasteiger partial charge in [0.2, 0.25) is 5.91 Å². The number of allylic oxidation sites excluding steroid dienone is 3. The van der Waals surface area contributed by atoms with Gasteiger partial charge in [-0.3, -0.25) is 4.79 Å². The Labute approximate surface area is 104 Å². The van der Waals surface area contributed by atoms with Crippen LogP contribution in [0.1, 0.15) is 32.6 Å². The smallest absolute Gasteiger partial charge is 0.222 e. The summed E-state index contributed by atoms with van der Waals surface area (Å²) in [6.07, 6.45) is 12.4. The molecule has 1 amide bonds. The van der Waals surface area contributed by atoms with E-state index in [0.29, 0.717) is 11.8 Å². The highest BCUT2D eigenvalue weighted by Gasteiger charge is 2.33. The molecule has 2 nitrogen and oxygen atoms in total. The van der Waals surface area contributed by atoms with E-state index in [1.807, 2.05) is 11.0 Å². The average molecular weight is 232 g/mol. The number of likely N-dealkylation sites (tertiary alicyclic amines) is 1. The lowest BCUT2D eigenvalue weighted by Gasteiger charge is -2.31. The van der Waals surface area contributed by atoms with Crippen molar-refractivity contribution in [2.24, 2.45) is 11.3 Å². The van der Waals surface area contributed by atoms with Crippen LogP contribution in [0.2, 0.25) is 0 Å². The predicted molar refractivity (Wildman–Crippen MR) is 70.3 cm³/mol. The highest BCUT2D eigenvalue weighted by molar-refractivity contribution is 5.78. The van der Waals surface area contributed by atoms with Crippen LogP contribution in [0.4, 0.5) is 0 Å². The molecule has 2 heteroatoms. The molecule has 1 heterocycles. The van der Waals surface area contributed by atoms with E-state index in [0.717, 1.165) is 25.9 Å². The monoisotopic (exact) mass is 232 g/mol. The summed E-state index contributed by atoms with van der Waals surface area (Å²) in [6, 6.07) is 0. The van der Waals surface area contributed by atoms with E-state index < -0.39 is 0 Å². The Morgan fingerprint density at radius 2 is 2.35 bits per heavy atom. The Bertz CT molecular complexity index is 345. The molecule has 1 aliphatic heterocycles. The molecule has 93 valence electrons. The van der Waals surface area contributed by atoms with Gasteiger partial charge in [0.05, 0.1) is 0 Å². The Balaban J connectivity index is 1.93. The lowest BCUT2D eigenvalue weighted by Crippen LogP contribution is -2.36. The van der Waals surface area contributed by atoms with Crippen molar-refractivity contribution < 1.29 is 4.79 Å². The molecule has 2 aliphatic rings. The fourth-order valence-corrected chi connectivity index (χ4v) is 2.81. The van der Waals surface area contributed by atoms with Crippen LogP contribution in [0.15, 0.2) is 24.3 Å². The lowest BCUT2D eigenvalue weighted by atomic mass is 9.83. The van der Waals surface area contributed by atoms with Crippen LogP contribution in [0.25, 0.3) is 0 Å². The van der Waals surface area contributed by atoms with Gasteiger partial charge in [0.25, 0.3) is 0 Å². The van der Waals surface area contributed by atoms with Crippen molar-refractivity contribution in [1.82, 2.24) is 4.90 Å². The van der Waals surface area contributed by atoms with E-state index in [4.69, 9.17) is 0 Å². The molecule has 2 rings (SSSR count). The van der Waals surface area contributed by atoms with Crippen LogP contribution in [0.3, 0.4) is 0 Å². The van der Waals surface area contributed by atoms with Gasteiger partial charge in [0.15, 0.2) is 0 Å². The number of hydrogen-bond donors (Lipinski definition) is 0. The maximum Gasteiger partial charge on any atom is 0.222 e. The molecule has 0 aromatic heterocycles. The van der Waals surface area contributed by atoms with Crippen LogP contribution in [0.5, 0.6) is 0 Å². The molecule has 0 N–H and O–H groups in total. The second-order valence-electron chi connectivity index (χ2n) is 5.49. The predicted octanol–water partition coefficient (Wildman–Crippen LogP) is 2.97. The van der Waals surface area contributed by atoms with E-state index in [1.165, 1.54) is 12.8 Å². The van der Waals surface area contributed by atoms with Crippen molar-refractivity contribution in [3.63, 3.8) is 0 Å². The van der Waals surface area contributed by atoms with Crippen molar-refractivity contribution in [3.05, 3.63) is 31.2 Å². The Morgan fingerprint density at radius 3 is 3.00 bits per heavy atom. The molecule has 0 aromatic carbocycles. The quantitative estimate of drug-likeness (QED) is 0.729. The van der Waals surface area contributed by atoms with Crippen molar-refractivity contribution in [2.45, 2.75) is 32.6 Å². The molecule has 17 heavy (non-hydrogen) atoms. The van der Waals surface area contributed by atoms with Gasteiger partial charge in [-0.25, -0.2) is 0 Å². The Morgan fingerprint density at radius 1 is 1.53 bits per heavy atom. The molecule has 1 saturated heterocycles. The number of amides is 1. The van der Waals surface area contributed by atoms with E-state index in [-0.39, 0.29) is 5.41 Å². The standard InChI is InChI=1S/C15H22NO/c1-3-7-13-10-14(17)16(11-13)12-15(2)8-5-4-6-9-15/h4-6,8,13H,2-3,7,9-12H2,1H3. The van der Waals surface area contributed by atoms with Crippen LogP contribution >= 0.6 is 0 Å². The van der Waals surface area contributed by atoms with E-state index >= 15 is 0 Å². The van der Waals surface area contributed by atoms with Gasteiger partial charge in [0.1, 0.15) is 0 Å². The Hall–Kier alpha value is -1.05. The topological polar surface area (TPSA) is 20.3 Å². The summed E-state index contributed by atoms with van der Waals surface area (Å²) in [5.74, 6) is 0.883. The van der Waals surface area contributed by atoms with Gasteiger partial charge >= 0.3 is 0 Å². The fraction of sp³-hybridized carbons (Fsp3) is 0.600. The Kier molecular flexibility index (Phi) is 3.70. The summed E-state index contributed by atoms with van der Waals surface area (Å²) >= 11 is 0. The van der Waals surface area contributed by atoms with E-state index in [2.05, 4.69) is 32.1 Å². The average Bonchev–Trinajstić information content (AvgIpc) is 2.60. The summed E-state index contributed by atoms with van der Waals surface area (Å²) < 4.78 is 0. The summed E-state index contributed by atoms with van der Waals surface area (Å²) in [4.78, 5) is 13.9. The third-order valence-electron chi connectivity index (χ3n) is 3.72. The third kappa shape index (κ3) is 2.99. The second-order valence-corrected chi connectivity index (χ2v) is 5.49. The molecule has 1 radical (unpaired) electrons. The third-order valence-corrected chi connectivity index (χ3v) is 3.72. The molecular weight excluding hydrogens is 210 g/mol. The van der Waals surface area contributed by atoms with E-state index in [9.17, 15) is 4.79 Å². The largest absolute Gasteiger partial charge is 0.342 e. The zero-order chi connectivity index (χ0) is 12.3. The van der Waals surface area contributed by atoms with Gasteiger partial charge in [-0.05, 0) is 25.7 Å². The summed E-state index contributed by atoms with van der Waals surface area (Å²) in [5.41, 5.74) is -0.106. The minimum absolute atomic E-state index is 0.106. The van der Waals surface area contributed by atoms with Gasteiger partial charge in [-0.2, -0.15) is 0 Å². The van der Waals surface area contributed by atoms with Gasteiger partial charge in [-0.15, -0.1) is 0 Å². The summed E-state index contributed by atoms with van der Waals surface area (Å²) in [6.45, 7) is 8.15. The second kappa shape index (κ2) is 5.07. The highest BCUT2D eigenvalue weighted by atomic mass is 16.2. The zero-order valence-electron chi connectivity index (χ0n) is 10.7. The number of carbonyl (C=O) groups is 1. The number of carbonyl (C=O) groups excluding carboxylic acids is 1. The first-order valence-corrected chi connectivity index (χ1v) is 6.60. The minimum Gasteiger partial charge on any atom is -0.342 e.